The summed E-state index contributed by atoms with van der Waals surface area (Å²) in [5, 5.41) is 6.56. The Morgan fingerprint density at radius 2 is 2.12 bits per heavy atom. The lowest BCUT2D eigenvalue weighted by molar-refractivity contribution is 0.0943. The number of halogens is 1. The monoisotopic (exact) mass is 342 g/mol. The van der Waals surface area contributed by atoms with Gasteiger partial charge in [-0.05, 0) is 42.8 Å². The minimum absolute atomic E-state index is 0.269. The van der Waals surface area contributed by atoms with Crippen LogP contribution in [0.25, 0.3) is 0 Å². The summed E-state index contributed by atoms with van der Waals surface area (Å²) in [6.07, 6.45) is 2.90. The quantitative estimate of drug-likeness (QED) is 0.739. The van der Waals surface area contributed by atoms with Crippen LogP contribution < -0.4 is 10.6 Å². The fourth-order valence-electron chi connectivity index (χ4n) is 2.13. The smallest absolute Gasteiger partial charge is 0.270 e. The normalized spacial score (nSPS) is 10.4. The van der Waals surface area contributed by atoms with Gasteiger partial charge in [0, 0.05) is 16.8 Å². The Bertz CT molecular complexity index is 850. The van der Waals surface area contributed by atoms with Crippen LogP contribution in [-0.2, 0) is 6.54 Å². The number of carbonyl (C=O) groups is 1. The van der Waals surface area contributed by atoms with Gasteiger partial charge in [-0.1, -0.05) is 11.6 Å². The van der Waals surface area contributed by atoms with E-state index in [1.165, 1.54) is 6.33 Å². The number of anilines is 2. The van der Waals surface area contributed by atoms with Crippen molar-refractivity contribution in [3.63, 3.8) is 0 Å². The second-order valence-electron chi connectivity index (χ2n) is 5.13. The maximum absolute atomic E-state index is 12.2. The maximum Gasteiger partial charge on any atom is 0.270 e. The molecule has 3 aromatic rings. The summed E-state index contributed by atoms with van der Waals surface area (Å²) in [5.74, 6) is 0.899. The van der Waals surface area contributed by atoms with Crippen molar-refractivity contribution in [3.05, 3.63) is 71.0 Å². The number of aromatic nitrogens is 2. The van der Waals surface area contributed by atoms with Gasteiger partial charge in [-0.2, -0.15) is 0 Å². The van der Waals surface area contributed by atoms with Crippen LogP contribution in [0, 0.1) is 6.92 Å². The molecule has 1 aromatic carbocycles. The van der Waals surface area contributed by atoms with Crippen molar-refractivity contribution in [2.24, 2.45) is 0 Å². The molecule has 0 fully saturated rings. The molecule has 24 heavy (non-hydrogen) atoms. The first-order chi connectivity index (χ1) is 11.6. The van der Waals surface area contributed by atoms with E-state index in [1.807, 2.05) is 19.1 Å². The third-order valence-electron chi connectivity index (χ3n) is 3.35. The molecule has 1 amide bonds. The van der Waals surface area contributed by atoms with E-state index < -0.39 is 0 Å². The lowest BCUT2D eigenvalue weighted by Gasteiger charge is -2.10. The SMILES string of the molecule is Cc1cc(Cl)ccc1Nc1cc(C(=O)NCc2ccco2)ncn1. The van der Waals surface area contributed by atoms with Crippen molar-refractivity contribution >= 4 is 29.0 Å². The maximum atomic E-state index is 12.2. The van der Waals surface area contributed by atoms with Crippen LogP contribution in [0.2, 0.25) is 5.02 Å². The lowest BCUT2D eigenvalue weighted by Crippen LogP contribution is -2.23. The van der Waals surface area contributed by atoms with Gasteiger partial charge in [0.1, 0.15) is 23.6 Å². The van der Waals surface area contributed by atoms with Gasteiger partial charge in [0.05, 0.1) is 12.8 Å². The lowest BCUT2D eigenvalue weighted by atomic mass is 10.2. The Morgan fingerprint density at radius 1 is 1.25 bits per heavy atom. The van der Waals surface area contributed by atoms with Crippen molar-refractivity contribution in [1.29, 1.82) is 0 Å². The third kappa shape index (κ3) is 3.91. The molecule has 0 saturated carbocycles. The van der Waals surface area contributed by atoms with Crippen LogP contribution >= 0.6 is 11.6 Å². The van der Waals surface area contributed by atoms with E-state index in [-0.39, 0.29) is 11.6 Å². The summed E-state index contributed by atoms with van der Waals surface area (Å²) in [7, 11) is 0. The topological polar surface area (TPSA) is 80.0 Å². The van der Waals surface area contributed by atoms with Gasteiger partial charge in [-0.25, -0.2) is 9.97 Å². The second kappa shape index (κ2) is 7.14. The summed E-state index contributed by atoms with van der Waals surface area (Å²) in [4.78, 5) is 20.3. The molecule has 6 nitrogen and oxygen atoms in total. The van der Waals surface area contributed by atoms with Gasteiger partial charge in [0.25, 0.3) is 5.91 Å². The molecule has 7 heteroatoms. The number of benzene rings is 1. The number of nitrogens with one attached hydrogen (secondary N) is 2. The van der Waals surface area contributed by atoms with E-state index >= 15 is 0 Å². The van der Waals surface area contributed by atoms with Crippen molar-refractivity contribution in [1.82, 2.24) is 15.3 Å². The molecule has 0 bridgehead atoms. The number of aryl methyl sites for hydroxylation is 1. The highest BCUT2D eigenvalue weighted by Gasteiger charge is 2.10. The van der Waals surface area contributed by atoms with Crippen molar-refractivity contribution < 1.29 is 9.21 Å². The van der Waals surface area contributed by atoms with E-state index in [4.69, 9.17) is 16.0 Å². The fourth-order valence-corrected chi connectivity index (χ4v) is 2.35. The second-order valence-corrected chi connectivity index (χ2v) is 5.57. The van der Waals surface area contributed by atoms with Crippen LogP contribution in [0.3, 0.4) is 0 Å². The Hall–Kier alpha value is -2.86. The summed E-state index contributed by atoms with van der Waals surface area (Å²) in [5.41, 5.74) is 2.11. The number of rotatable bonds is 5. The molecular weight excluding hydrogens is 328 g/mol. The van der Waals surface area contributed by atoms with Gasteiger partial charge in [0.2, 0.25) is 0 Å². The van der Waals surface area contributed by atoms with Crippen molar-refractivity contribution in [2.75, 3.05) is 5.32 Å². The molecular formula is C17H15ClN4O2. The number of furan rings is 1. The third-order valence-corrected chi connectivity index (χ3v) is 3.59. The number of hydrogen-bond acceptors (Lipinski definition) is 5. The highest BCUT2D eigenvalue weighted by Crippen LogP contribution is 2.22. The Morgan fingerprint density at radius 3 is 2.88 bits per heavy atom. The highest BCUT2D eigenvalue weighted by molar-refractivity contribution is 6.30. The molecule has 0 unspecified atom stereocenters. The molecule has 0 aliphatic rings. The zero-order valence-corrected chi connectivity index (χ0v) is 13.7. The van der Waals surface area contributed by atoms with Crippen LogP contribution in [0.1, 0.15) is 21.8 Å². The average Bonchev–Trinajstić information content (AvgIpc) is 3.09. The molecule has 0 spiro atoms. The van der Waals surface area contributed by atoms with E-state index in [0.717, 1.165) is 11.3 Å². The summed E-state index contributed by atoms with van der Waals surface area (Å²) in [6, 6.07) is 10.6. The van der Waals surface area contributed by atoms with E-state index in [9.17, 15) is 4.79 Å². The highest BCUT2D eigenvalue weighted by atomic mass is 35.5. The summed E-state index contributed by atoms with van der Waals surface area (Å²) < 4.78 is 5.17. The Kier molecular flexibility index (Phi) is 4.77. The van der Waals surface area contributed by atoms with Crippen molar-refractivity contribution in [3.8, 4) is 0 Å². The Balaban J connectivity index is 1.70. The minimum Gasteiger partial charge on any atom is -0.467 e. The van der Waals surface area contributed by atoms with Crippen LogP contribution in [-0.4, -0.2) is 15.9 Å². The molecule has 2 heterocycles. The molecule has 0 radical (unpaired) electrons. The van der Waals surface area contributed by atoms with Crippen LogP contribution in [0.5, 0.6) is 0 Å². The number of carbonyl (C=O) groups excluding carboxylic acids is 1. The predicted octanol–water partition coefficient (Wildman–Crippen LogP) is 3.71. The molecule has 0 saturated heterocycles. The van der Waals surface area contributed by atoms with Gasteiger partial charge in [0.15, 0.2) is 0 Å². The van der Waals surface area contributed by atoms with Crippen LogP contribution in [0.4, 0.5) is 11.5 Å². The number of hydrogen-bond donors (Lipinski definition) is 2. The van der Waals surface area contributed by atoms with E-state index in [2.05, 4.69) is 20.6 Å². The molecule has 122 valence electrons. The first kappa shape index (κ1) is 16.0. The number of amides is 1. The van der Waals surface area contributed by atoms with Gasteiger partial charge in [-0.15, -0.1) is 0 Å². The summed E-state index contributed by atoms with van der Waals surface area (Å²) in [6.45, 7) is 2.24. The van der Waals surface area contributed by atoms with Gasteiger partial charge in [-0.3, -0.25) is 4.79 Å². The predicted molar refractivity (Wildman–Crippen MR) is 91.4 cm³/mol. The Labute approximate surface area is 143 Å². The molecule has 3 rings (SSSR count). The number of nitrogens with zero attached hydrogens (tertiary/aromatic N) is 2. The first-order valence-electron chi connectivity index (χ1n) is 7.27. The van der Waals surface area contributed by atoms with Crippen molar-refractivity contribution in [2.45, 2.75) is 13.5 Å². The van der Waals surface area contributed by atoms with E-state index in [0.29, 0.717) is 23.1 Å². The molecule has 2 aromatic heterocycles. The molecule has 0 aliphatic heterocycles. The zero-order chi connectivity index (χ0) is 16.9. The minimum atomic E-state index is -0.301. The zero-order valence-electron chi connectivity index (χ0n) is 12.9. The average molecular weight is 343 g/mol. The fraction of sp³-hybridized carbons (Fsp3) is 0.118. The molecule has 2 N–H and O–H groups in total. The molecule has 0 atom stereocenters. The van der Waals surface area contributed by atoms with E-state index in [1.54, 1.807) is 30.5 Å². The first-order valence-corrected chi connectivity index (χ1v) is 7.65. The molecule has 0 aliphatic carbocycles. The largest absolute Gasteiger partial charge is 0.467 e. The van der Waals surface area contributed by atoms with Gasteiger partial charge < -0.3 is 15.1 Å². The van der Waals surface area contributed by atoms with Gasteiger partial charge >= 0.3 is 0 Å². The summed E-state index contributed by atoms with van der Waals surface area (Å²) >= 11 is 5.95. The van der Waals surface area contributed by atoms with Crippen LogP contribution in [0.15, 0.2) is 53.4 Å². The standard InChI is InChI=1S/C17H15ClN4O2/c1-11-7-12(18)4-5-14(11)22-16-8-15(20-10-21-16)17(23)19-9-13-3-2-6-24-13/h2-8,10H,9H2,1H3,(H,19,23)(H,20,21,22).